The van der Waals surface area contributed by atoms with Crippen molar-refractivity contribution < 1.29 is 9.15 Å². The zero-order valence-electron chi connectivity index (χ0n) is 9.09. The first-order valence-corrected chi connectivity index (χ1v) is 6.96. The van der Waals surface area contributed by atoms with E-state index in [9.17, 15) is 0 Å². The molecule has 0 unspecified atom stereocenters. The van der Waals surface area contributed by atoms with E-state index in [4.69, 9.17) is 9.15 Å². The minimum Gasteiger partial charge on any atom is -0.490 e. The molecule has 86 valence electrons. The van der Waals surface area contributed by atoms with Gasteiger partial charge in [0.1, 0.15) is 5.75 Å². The van der Waals surface area contributed by atoms with Gasteiger partial charge in [-0.05, 0) is 41.9 Å². The molecule has 0 saturated carbocycles. The van der Waals surface area contributed by atoms with Crippen molar-refractivity contribution in [2.45, 2.75) is 25.3 Å². The number of hydrogen-bond acceptors (Lipinski definition) is 2. The number of fused-ring (bicyclic) bond motifs is 1. The summed E-state index contributed by atoms with van der Waals surface area (Å²) in [4.78, 5) is 0. The molecule has 16 heavy (non-hydrogen) atoms. The van der Waals surface area contributed by atoms with Gasteiger partial charge in [0.25, 0.3) is 0 Å². The lowest BCUT2D eigenvalue weighted by Gasteiger charge is -2.14. The van der Waals surface area contributed by atoms with Crippen LogP contribution in [0, 0.1) is 0 Å². The fraction of sp³-hybridized carbons (Fsp3) is 0.333. The molecule has 0 aliphatic carbocycles. The van der Waals surface area contributed by atoms with Crippen LogP contribution in [-0.4, -0.2) is 6.10 Å². The van der Waals surface area contributed by atoms with Crippen LogP contribution in [0.1, 0.15) is 19.4 Å². The molecule has 0 bridgehead atoms. The molecule has 4 heteroatoms. The van der Waals surface area contributed by atoms with Crippen molar-refractivity contribution in [3.05, 3.63) is 28.4 Å². The van der Waals surface area contributed by atoms with Crippen LogP contribution >= 0.6 is 31.9 Å². The summed E-state index contributed by atoms with van der Waals surface area (Å²) in [5.74, 6) is 0.902. The fourth-order valence-electron chi connectivity index (χ4n) is 1.60. The van der Waals surface area contributed by atoms with E-state index in [0.29, 0.717) is 0 Å². The summed E-state index contributed by atoms with van der Waals surface area (Å²) in [5.41, 5.74) is 1.95. The molecule has 1 aromatic heterocycles. The highest BCUT2D eigenvalue weighted by Gasteiger charge is 2.14. The SMILES string of the molecule is CC(C)Oc1c(CBr)cc(Br)c2occc12. The normalized spacial score (nSPS) is 11.3. The van der Waals surface area contributed by atoms with Gasteiger partial charge < -0.3 is 9.15 Å². The lowest BCUT2D eigenvalue weighted by Crippen LogP contribution is -2.07. The Morgan fingerprint density at radius 1 is 1.44 bits per heavy atom. The van der Waals surface area contributed by atoms with Gasteiger partial charge in [0.05, 0.1) is 22.2 Å². The average molecular weight is 348 g/mol. The Bertz CT molecular complexity index is 503. The molecule has 1 aromatic carbocycles. The number of ether oxygens (including phenoxy) is 1. The second-order valence-corrected chi connectivity index (χ2v) is 5.23. The van der Waals surface area contributed by atoms with Crippen LogP contribution in [0.15, 0.2) is 27.3 Å². The fourth-order valence-corrected chi connectivity index (χ4v) is 2.60. The van der Waals surface area contributed by atoms with E-state index >= 15 is 0 Å². The van der Waals surface area contributed by atoms with Crippen molar-refractivity contribution in [1.29, 1.82) is 0 Å². The van der Waals surface area contributed by atoms with E-state index in [-0.39, 0.29) is 6.10 Å². The highest BCUT2D eigenvalue weighted by Crippen LogP contribution is 2.37. The van der Waals surface area contributed by atoms with E-state index in [1.54, 1.807) is 6.26 Å². The van der Waals surface area contributed by atoms with Gasteiger partial charge in [-0.25, -0.2) is 0 Å². The Kier molecular flexibility index (Phi) is 3.60. The maximum atomic E-state index is 5.85. The minimum absolute atomic E-state index is 0.150. The smallest absolute Gasteiger partial charge is 0.151 e. The Morgan fingerprint density at radius 3 is 2.81 bits per heavy atom. The summed E-state index contributed by atoms with van der Waals surface area (Å²) < 4.78 is 12.2. The standard InChI is InChI=1S/C12H12Br2O2/c1-7(2)16-11-8(6-13)5-10(14)12-9(11)3-4-15-12/h3-5,7H,6H2,1-2H3. The maximum absolute atomic E-state index is 5.85. The van der Waals surface area contributed by atoms with E-state index in [1.165, 1.54) is 0 Å². The molecule has 0 amide bonds. The van der Waals surface area contributed by atoms with Crippen LogP contribution in [0.2, 0.25) is 0 Å². The predicted octanol–water partition coefficient (Wildman–Crippen LogP) is 4.88. The van der Waals surface area contributed by atoms with Crippen molar-refractivity contribution in [2.75, 3.05) is 0 Å². The lowest BCUT2D eigenvalue weighted by molar-refractivity contribution is 0.243. The molecule has 0 aliphatic heterocycles. The average Bonchev–Trinajstić information content (AvgIpc) is 2.70. The second-order valence-electron chi connectivity index (χ2n) is 3.81. The van der Waals surface area contributed by atoms with Crippen LogP contribution in [-0.2, 0) is 5.33 Å². The number of halogens is 2. The molecule has 0 radical (unpaired) electrons. The van der Waals surface area contributed by atoms with Gasteiger partial charge in [-0.3, -0.25) is 0 Å². The summed E-state index contributed by atoms with van der Waals surface area (Å²) in [5, 5.41) is 1.77. The first-order chi connectivity index (χ1) is 7.63. The van der Waals surface area contributed by atoms with Gasteiger partial charge in [-0.15, -0.1) is 0 Å². The molecule has 0 aliphatic rings. The van der Waals surface area contributed by atoms with Crippen molar-refractivity contribution in [2.24, 2.45) is 0 Å². The molecule has 0 fully saturated rings. The Balaban J connectivity index is 2.66. The molecular formula is C12H12Br2O2. The zero-order valence-corrected chi connectivity index (χ0v) is 12.3. The number of benzene rings is 1. The summed E-state index contributed by atoms with van der Waals surface area (Å²) in [6.07, 6.45) is 1.83. The third kappa shape index (κ3) is 2.13. The largest absolute Gasteiger partial charge is 0.490 e. The first-order valence-electron chi connectivity index (χ1n) is 5.04. The molecule has 2 nitrogen and oxygen atoms in total. The molecule has 1 heterocycles. The van der Waals surface area contributed by atoms with Crippen LogP contribution in [0.4, 0.5) is 0 Å². The minimum atomic E-state index is 0.150. The van der Waals surface area contributed by atoms with Crippen molar-refractivity contribution in [3.8, 4) is 5.75 Å². The predicted molar refractivity (Wildman–Crippen MR) is 72.3 cm³/mol. The molecule has 2 rings (SSSR count). The summed E-state index contributed by atoms with van der Waals surface area (Å²) in [6, 6.07) is 3.96. The molecule has 0 spiro atoms. The van der Waals surface area contributed by atoms with Gasteiger partial charge in [-0.1, -0.05) is 15.9 Å². The maximum Gasteiger partial charge on any atom is 0.151 e. The van der Waals surface area contributed by atoms with E-state index in [1.807, 2.05) is 26.0 Å². The van der Waals surface area contributed by atoms with Crippen LogP contribution in [0.5, 0.6) is 5.75 Å². The molecule has 0 N–H and O–H groups in total. The first kappa shape index (κ1) is 12.0. The van der Waals surface area contributed by atoms with E-state index in [0.717, 1.165) is 32.1 Å². The van der Waals surface area contributed by atoms with Gasteiger partial charge >= 0.3 is 0 Å². The van der Waals surface area contributed by atoms with Crippen molar-refractivity contribution in [3.63, 3.8) is 0 Å². The van der Waals surface area contributed by atoms with Crippen LogP contribution in [0.3, 0.4) is 0 Å². The van der Waals surface area contributed by atoms with E-state index in [2.05, 4.69) is 31.9 Å². The monoisotopic (exact) mass is 346 g/mol. The van der Waals surface area contributed by atoms with Crippen LogP contribution in [0.25, 0.3) is 11.0 Å². The third-order valence-corrected chi connectivity index (χ3v) is 3.41. The lowest BCUT2D eigenvalue weighted by atomic mass is 10.1. The number of rotatable bonds is 3. The number of alkyl halides is 1. The zero-order chi connectivity index (χ0) is 11.7. The molecular weight excluding hydrogens is 336 g/mol. The van der Waals surface area contributed by atoms with Gasteiger partial charge in [-0.2, -0.15) is 0 Å². The molecule has 0 saturated heterocycles. The molecule has 2 aromatic rings. The Hall–Kier alpha value is -0.480. The Labute approximate surface area is 111 Å². The van der Waals surface area contributed by atoms with Crippen LogP contribution < -0.4 is 4.74 Å². The highest BCUT2D eigenvalue weighted by molar-refractivity contribution is 9.10. The van der Waals surface area contributed by atoms with Gasteiger partial charge in [0.15, 0.2) is 5.58 Å². The van der Waals surface area contributed by atoms with E-state index < -0.39 is 0 Å². The Morgan fingerprint density at radius 2 is 2.19 bits per heavy atom. The summed E-state index contributed by atoms with van der Waals surface area (Å²) in [6.45, 7) is 4.04. The highest BCUT2D eigenvalue weighted by atomic mass is 79.9. The quantitative estimate of drug-likeness (QED) is 0.738. The number of hydrogen-bond donors (Lipinski definition) is 0. The second kappa shape index (κ2) is 4.80. The number of furan rings is 1. The topological polar surface area (TPSA) is 22.4 Å². The van der Waals surface area contributed by atoms with Crippen molar-refractivity contribution in [1.82, 2.24) is 0 Å². The van der Waals surface area contributed by atoms with Crippen molar-refractivity contribution >= 4 is 42.8 Å². The molecule has 0 atom stereocenters. The summed E-state index contributed by atoms with van der Waals surface area (Å²) >= 11 is 6.97. The summed E-state index contributed by atoms with van der Waals surface area (Å²) in [7, 11) is 0. The van der Waals surface area contributed by atoms with Gasteiger partial charge in [0, 0.05) is 10.9 Å². The third-order valence-electron chi connectivity index (χ3n) is 2.22. The van der Waals surface area contributed by atoms with Gasteiger partial charge in [0.2, 0.25) is 0 Å².